The average Bonchev–Trinajstić information content (AvgIpc) is 2.70. The molecule has 2 heterocycles. The molecule has 0 aromatic heterocycles. The average molecular weight is 390 g/mol. The Balaban J connectivity index is 2.13. The number of rotatable bonds is 6. The number of carbonyl (C=O) groups excluding carboxylic acids is 2. The molecule has 152 valence electrons. The second kappa shape index (κ2) is 9.21. The number of aliphatic hydroxyl groups is 4. The van der Waals surface area contributed by atoms with E-state index in [1.54, 1.807) is 0 Å². The van der Waals surface area contributed by atoms with Crippen LogP contribution in [0.2, 0.25) is 0 Å². The number of nitrogens with one attached hydrogen (secondary N) is 1. The van der Waals surface area contributed by atoms with Crippen molar-refractivity contribution in [3.05, 3.63) is 11.3 Å². The lowest BCUT2D eigenvalue weighted by Gasteiger charge is -2.39. The number of esters is 2. The molecule has 12 heteroatoms. The third kappa shape index (κ3) is 4.61. The van der Waals surface area contributed by atoms with E-state index in [0.29, 0.717) is 0 Å². The number of hydrogen-bond donors (Lipinski definition) is 5. The molecule has 0 amide bonds. The summed E-state index contributed by atoms with van der Waals surface area (Å²) in [4.78, 5) is 23.5. The predicted octanol–water partition coefficient (Wildman–Crippen LogP) is -3.25. The summed E-state index contributed by atoms with van der Waals surface area (Å²) in [5.41, 5.74) is 2.58. The van der Waals surface area contributed by atoms with Gasteiger partial charge in [0.15, 0.2) is 6.29 Å². The van der Waals surface area contributed by atoms with Crippen LogP contribution in [0.5, 0.6) is 0 Å². The molecule has 0 radical (unpaired) electrons. The van der Waals surface area contributed by atoms with Gasteiger partial charge in [-0.25, -0.2) is 9.59 Å². The summed E-state index contributed by atoms with van der Waals surface area (Å²) >= 11 is 0. The normalized spacial score (nSPS) is 31.0. The first-order chi connectivity index (χ1) is 12.8. The van der Waals surface area contributed by atoms with Crippen molar-refractivity contribution in [1.82, 2.24) is 5.43 Å². The van der Waals surface area contributed by atoms with Gasteiger partial charge in [-0.2, -0.15) is 5.10 Å². The maximum Gasteiger partial charge on any atom is 0.356 e. The summed E-state index contributed by atoms with van der Waals surface area (Å²) in [6.45, 7) is -0.919. The summed E-state index contributed by atoms with van der Waals surface area (Å²) < 4.78 is 19.8. The van der Waals surface area contributed by atoms with Crippen LogP contribution in [0, 0.1) is 0 Å². The summed E-state index contributed by atoms with van der Waals surface area (Å²) in [5, 5.41) is 42.5. The van der Waals surface area contributed by atoms with E-state index in [-0.39, 0.29) is 30.0 Å². The zero-order valence-electron chi connectivity index (χ0n) is 14.7. The highest BCUT2D eigenvalue weighted by atomic mass is 16.7. The van der Waals surface area contributed by atoms with Crippen molar-refractivity contribution in [3.63, 3.8) is 0 Å². The van der Waals surface area contributed by atoms with Gasteiger partial charge in [0.2, 0.25) is 0 Å². The fourth-order valence-electron chi connectivity index (χ4n) is 2.57. The molecule has 2 rings (SSSR count). The van der Waals surface area contributed by atoms with Crippen LogP contribution in [0.1, 0.15) is 6.42 Å². The first-order valence-corrected chi connectivity index (χ1v) is 7.97. The molecule has 0 aromatic carbocycles. The smallest absolute Gasteiger partial charge is 0.356 e. The largest absolute Gasteiger partial charge is 0.464 e. The molecule has 0 aromatic rings. The predicted molar refractivity (Wildman–Crippen MR) is 86.0 cm³/mol. The third-order valence-corrected chi connectivity index (χ3v) is 4.12. The molecule has 1 saturated heterocycles. The van der Waals surface area contributed by atoms with Gasteiger partial charge in [0.1, 0.15) is 35.8 Å². The molecule has 0 aliphatic carbocycles. The van der Waals surface area contributed by atoms with Crippen LogP contribution < -0.4 is 5.43 Å². The fourth-order valence-corrected chi connectivity index (χ4v) is 2.57. The van der Waals surface area contributed by atoms with Crippen LogP contribution in [0.3, 0.4) is 0 Å². The Bertz CT molecular complexity index is 632. The van der Waals surface area contributed by atoms with Gasteiger partial charge < -0.3 is 39.4 Å². The van der Waals surface area contributed by atoms with Crippen LogP contribution in [0.4, 0.5) is 0 Å². The van der Waals surface area contributed by atoms with Crippen LogP contribution >= 0.6 is 0 Å². The van der Waals surface area contributed by atoms with E-state index in [1.807, 2.05) is 0 Å². The molecular weight excluding hydrogens is 368 g/mol. The first kappa shape index (κ1) is 21.2. The summed E-state index contributed by atoms with van der Waals surface area (Å²) in [6.07, 6.45) is -7.36. The summed E-state index contributed by atoms with van der Waals surface area (Å²) in [6, 6.07) is 0. The molecule has 0 spiro atoms. The van der Waals surface area contributed by atoms with E-state index in [1.165, 1.54) is 7.11 Å². The number of nitrogens with zero attached hydrogens (tertiary/aromatic N) is 1. The van der Waals surface area contributed by atoms with Gasteiger partial charge in [-0.1, -0.05) is 0 Å². The van der Waals surface area contributed by atoms with Crippen molar-refractivity contribution >= 4 is 17.7 Å². The van der Waals surface area contributed by atoms with Gasteiger partial charge >= 0.3 is 11.9 Å². The third-order valence-electron chi connectivity index (χ3n) is 4.12. The maximum absolute atomic E-state index is 11.9. The van der Waals surface area contributed by atoms with E-state index in [4.69, 9.17) is 9.47 Å². The highest BCUT2D eigenvalue weighted by molar-refractivity contribution is 6.37. The zero-order chi connectivity index (χ0) is 20.1. The lowest BCUT2D eigenvalue weighted by atomic mass is 9.99. The molecule has 27 heavy (non-hydrogen) atoms. The Morgan fingerprint density at radius 1 is 1.15 bits per heavy atom. The van der Waals surface area contributed by atoms with E-state index >= 15 is 0 Å². The van der Waals surface area contributed by atoms with Crippen LogP contribution in [-0.2, 0) is 28.5 Å². The first-order valence-electron chi connectivity index (χ1n) is 7.97. The SMILES string of the molecule is COC(=O)C1=NNC(C(=O)OC)=C(CO[C@@H]2OC(CO)[C@H](O)C(O)[C@@H]2O)C1. The lowest BCUT2D eigenvalue weighted by Crippen LogP contribution is -2.59. The second-order valence-electron chi connectivity index (χ2n) is 5.82. The number of hydrazone groups is 1. The number of hydrogen-bond acceptors (Lipinski definition) is 12. The van der Waals surface area contributed by atoms with Crippen LogP contribution in [0.25, 0.3) is 0 Å². The maximum atomic E-state index is 11.9. The monoisotopic (exact) mass is 390 g/mol. The minimum Gasteiger partial charge on any atom is -0.464 e. The molecule has 2 aliphatic heterocycles. The van der Waals surface area contributed by atoms with Gasteiger partial charge in [0, 0.05) is 6.42 Å². The minimum atomic E-state index is -1.60. The minimum absolute atomic E-state index is 0.0162. The Kier molecular flexibility index (Phi) is 7.24. The Hall–Kier alpha value is -2.09. The quantitative estimate of drug-likeness (QED) is 0.288. The van der Waals surface area contributed by atoms with E-state index in [9.17, 15) is 30.0 Å². The van der Waals surface area contributed by atoms with Gasteiger partial charge in [-0.15, -0.1) is 0 Å². The number of methoxy groups -OCH3 is 2. The highest BCUT2D eigenvalue weighted by Crippen LogP contribution is 2.24. The topological polar surface area (TPSA) is 176 Å². The van der Waals surface area contributed by atoms with Crippen molar-refractivity contribution in [2.75, 3.05) is 27.4 Å². The van der Waals surface area contributed by atoms with Crippen LogP contribution in [-0.4, -0.2) is 96.2 Å². The van der Waals surface area contributed by atoms with Gasteiger partial charge in [0.05, 0.1) is 27.4 Å². The number of carbonyl (C=O) groups is 2. The summed E-state index contributed by atoms with van der Waals surface area (Å²) in [7, 11) is 2.33. The van der Waals surface area contributed by atoms with E-state index in [2.05, 4.69) is 20.0 Å². The van der Waals surface area contributed by atoms with Crippen molar-refractivity contribution < 1.29 is 49.0 Å². The standard InChI is InChI=1S/C15H22N2O10/c1-24-13(22)7-3-6(9(17-16-7)14(23)25-2)5-26-15-12(21)11(20)10(19)8(4-18)27-15/h8,10-12,15,17-21H,3-5H2,1-2H3/t8?,10-,11?,12-,15+/m0/s1. The van der Waals surface area contributed by atoms with Crippen molar-refractivity contribution in [2.45, 2.75) is 37.1 Å². The lowest BCUT2D eigenvalue weighted by molar-refractivity contribution is -0.299. The molecular formula is C15H22N2O10. The highest BCUT2D eigenvalue weighted by Gasteiger charge is 2.44. The molecule has 1 fully saturated rings. The molecule has 12 nitrogen and oxygen atoms in total. The Morgan fingerprint density at radius 2 is 1.81 bits per heavy atom. The van der Waals surface area contributed by atoms with Crippen molar-refractivity contribution in [3.8, 4) is 0 Å². The molecule has 2 unspecified atom stereocenters. The molecule has 5 atom stereocenters. The Morgan fingerprint density at radius 3 is 2.41 bits per heavy atom. The Labute approximate surface area is 154 Å². The summed E-state index contributed by atoms with van der Waals surface area (Å²) in [5.74, 6) is -1.47. The van der Waals surface area contributed by atoms with Gasteiger partial charge in [-0.05, 0) is 5.57 Å². The molecule has 0 bridgehead atoms. The van der Waals surface area contributed by atoms with Crippen LogP contribution in [0.15, 0.2) is 16.4 Å². The van der Waals surface area contributed by atoms with E-state index < -0.39 is 49.3 Å². The van der Waals surface area contributed by atoms with E-state index in [0.717, 1.165) is 7.11 Å². The number of ether oxygens (including phenoxy) is 4. The zero-order valence-corrected chi connectivity index (χ0v) is 14.7. The van der Waals surface area contributed by atoms with Gasteiger partial charge in [-0.3, -0.25) is 5.43 Å². The fraction of sp³-hybridized carbons (Fsp3) is 0.667. The number of aliphatic hydroxyl groups excluding tert-OH is 4. The van der Waals surface area contributed by atoms with Gasteiger partial charge in [0.25, 0.3) is 0 Å². The molecule has 0 saturated carbocycles. The second-order valence-corrected chi connectivity index (χ2v) is 5.82. The molecule has 5 N–H and O–H groups in total. The van der Waals surface area contributed by atoms with Crippen molar-refractivity contribution in [1.29, 1.82) is 0 Å². The molecule has 2 aliphatic rings. The van der Waals surface area contributed by atoms with Crippen molar-refractivity contribution in [2.24, 2.45) is 5.10 Å².